The number of benzene rings is 3. The number of nitrogens with two attached hydrogens (primary N) is 2. The summed E-state index contributed by atoms with van der Waals surface area (Å²) in [6, 6.07) is 14.9. The van der Waals surface area contributed by atoms with Gasteiger partial charge in [-0.3, -0.25) is 0 Å². The number of carbonyl (C=O) groups is 3. The van der Waals surface area contributed by atoms with E-state index < -0.39 is 36.2 Å². The van der Waals surface area contributed by atoms with Gasteiger partial charge in [-0.2, -0.15) is 17.6 Å². The number of ether oxygens (including phenoxy) is 4. The van der Waals surface area contributed by atoms with Crippen molar-refractivity contribution in [1.29, 1.82) is 0 Å². The molecule has 246 valence electrons. The van der Waals surface area contributed by atoms with Gasteiger partial charge >= 0.3 is 30.4 Å². The third-order valence-corrected chi connectivity index (χ3v) is 6.33. The third-order valence-electron chi connectivity index (χ3n) is 6.33. The van der Waals surface area contributed by atoms with Crippen LogP contribution in [0.2, 0.25) is 0 Å². The first kappa shape index (κ1) is 35.4. The Morgan fingerprint density at radius 2 is 1.24 bits per heavy atom. The van der Waals surface area contributed by atoms with Crippen LogP contribution in [0.15, 0.2) is 72.8 Å². The van der Waals surface area contributed by atoms with Crippen LogP contribution >= 0.6 is 0 Å². The summed E-state index contributed by atoms with van der Waals surface area (Å²) in [5.41, 5.74) is 13.1. The number of hydrogen-bond acceptors (Lipinski definition) is 9. The van der Waals surface area contributed by atoms with Crippen LogP contribution in [0.1, 0.15) is 64.8 Å². The minimum absolute atomic E-state index is 0.0144. The van der Waals surface area contributed by atoms with Gasteiger partial charge in [0.05, 0.1) is 24.3 Å². The number of anilines is 2. The summed E-state index contributed by atoms with van der Waals surface area (Å²) >= 11 is 0. The molecule has 0 aromatic heterocycles. The first-order valence-electron chi connectivity index (χ1n) is 14.4. The lowest BCUT2D eigenvalue weighted by Gasteiger charge is -2.16. The van der Waals surface area contributed by atoms with Gasteiger partial charge in [0, 0.05) is 17.5 Å². The number of halogens is 4. The zero-order valence-corrected chi connectivity index (χ0v) is 24.8. The highest BCUT2D eigenvalue weighted by molar-refractivity contribution is 5.92. The molecule has 4 N–H and O–H groups in total. The molecule has 0 fully saturated rings. The van der Waals surface area contributed by atoms with Gasteiger partial charge in [0.2, 0.25) is 0 Å². The van der Waals surface area contributed by atoms with Crippen molar-refractivity contribution in [3.05, 3.63) is 89.5 Å². The molecule has 0 aliphatic rings. The van der Waals surface area contributed by atoms with Crippen molar-refractivity contribution in [3.63, 3.8) is 0 Å². The van der Waals surface area contributed by atoms with E-state index in [0.29, 0.717) is 35.5 Å². The lowest BCUT2D eigenvalue weighted by Crippen LogP contribution is -2.33. The van der Waals surface area contributed by atoms with E-state index >= 15 is 0 Å². The standard InChI is InChI=1S/C33H34F4N2O7/c34-32(35)33(36,37)46-28-14-10-23(11-15-28)31(42)45-27-12-7-22(8-13-27)9-16-29(40)43-17-5-3-1-2-4-6-18-44-30(41)24-19-25(38)21-26(39)20-24/h7-16,19-21,32H,1-6,17-18,38-39H2/b16-9+. The van der Waals surface area contributed by atoms with Gasteiger partial charge in [0.15, 0.2) is 0 Å². The van der Waals surface area contributed by atoms with Crippen LogP contribution in [0.5, 0.6) is 11.5 Å². The van der Waals surface area contributed by atoms with Gasteiger partial charge in [0.1, 0.15) is 11.5 Å². The van der Waals surface area contributed by atoms with Gasteiger partial charge < -0.3 is 30.4 Å². The number of hydrogen-bond donors (Lipinski definition) is 2. The van der Waals surface area contributed by atoms with Crippen molar-refractivity contribution in [1.82, 2.24) is 0 Å². The van der Waals surface area contributed by atoms with Crippen LogP contribution in [0.4, 0.5) is 28.9 Å². The maximum Gasteiger partial charge on any atom is 0.461 e. The molecule has 0 saturated heterocycles. The fourth-order valence-electron chi connectivity index (χ4n) is 4.01. The lowest BCUT2D eigenvalue weighted by molar-refractivity contribution is -0.253. The van der Waals surface area contributed by atoms with Gasteiger partial charge in [-0.1, -0.05) is 37.8 Å². The minimum atomic E-state index is -4.66. The molecular weight excluding hydrogens is 612 g/mol. The summed E-state index contributed by atoms with van der Waals surface area (Å²) in [6.45, 7) is 0.582. The molecule has 46 heavy (non-hydrogen) atoms. The summed E-state index contributed by atoms with van der Waals surface area (Å²) < 4.78 is 70.1. The highest BCUT2D eigenvalue weighted by Gasteiger charge is 2.43. The molecule has 0 aliphatic heterocycles. The van der Waals surface area contributed by atoms with Crippen LogP contribution in [-0.2, 0) is 14.3 Å². The summed E-state index contributed by atoms with van der Waals surface area (Å²) in [5.74, 6) is -2.12. The molecule has 0 spiro atoms. The third kappa shape index (κ3) is 12.1. The zero-order valence-electron chi connectivity index (χ0n) is 24.8. The van der Waals surface area contributed by atoms with E-state index in [-0.39, 0.29) is 17.9 Å². The van der Waals surface area contributed by atoms with Crippen LogP contribution < -0.4 is 20.9 Å². The van der Waals surface area contributed by atoms with Crippen molar-refractivity contribution in [2.24, 2.45) is 0 Å². The number of alkyl halides is 4. The van der Waals surface area contributed by atoms with Crippen LogP contribution in [0.3, 0.4) is 0 Å². The highest BCUT2D eigenvalue weighted by Crippen LogP contribution is 2.28. The molecule has 0 saturated carbocycles. The molecule has 3 rings (SSSR count). The van der Waals surface area contributed by atoms with E-state index in [1.54, 1.807) is 18.2 Å². The lowest BCUT2D eigenvalue weighted by atomic mass is 10.1. The van der Waals surface area contributed by atoms with E-state index in [2.05, 4.69) is 4.74 Å². The summed E-state index contributed by atoms with van der Waals surface area (Å²) in [6.07, 6.45) is -0.726. The topological polar surface area (TPSA) is 140 Å². The second kappa shape index (κ2) is 17.4. The number of rotatable bonds is 17. The van der Waals surface area contributed by atoms with E-state index in [4.69, 9.17) is 25.7 Å². The Kier molecular flexibility index (Phi) is 13.4. The second-order valence-corrected chi connectivity index (χ2v) is 10.1. The Labute approximate surface area is 263 Å². The molecule has 0 unspecified atom stereocenters. The van der Waals surface area contributed by atoms with Gasteiger partial charge in [-0.05, 0) is 79.1 Å². The molecule has 0 heterocycles. The Balaban J connectivity index is 1.26. The molecule has 9 nitrogen and oxygen atoms in total. The minimum Gasteiger partial charge on any atom is -0.463 e. The van der Waals surface area contributed by atoms with Crippen molar-refractivity contribution < 1.29 is 50.9 Å². The molecule has 0 atom stereocenters. The van der Waals surface area contributed by atoms with E-state index in [0.717, 1.165) is 56.4 Å². The van der Waals surface area contributed by atoms with Gasteiger partial charge in [0.25, 0.3) is 0 Å². The van der Waals surface area contributed by atoms with E-state index in [1.807, 2.05) is 0 Å². The van der Waals surface area contributed by atoms with Crippen LogP contribution in [0.25, 0.3) is 6.08 Å². The van der Waals surface area contributed by atoms with Crippen molar-refractivity contribution in [2.45, 2.75) is 51.1 Å². The van der Waals surface area contributed by atoms with Crippen molar-refractivity contribution in [3.8, 4) is 11.5 Å². The average molecular weight is 647 g/mol. The molecular formula is C33H34F4N2O7. The fourth-order valence-corrected chi connectivity index (χ4v) is 4.01. The summed E-state index contributed by atoms with van der Waals surface area (Å²) in [7, 11) is 0. The molecule has 3 aromatic carbocycles. The molecule has 0 bridgehead atoms. The smallest absolute Gasteiger partial charge is 0.461 e. The number of esters is 3. The first-order chi connectivity index (χ1) is 21.9. The fraction of sp³-hybridized carbons (Fsp3) is 0.303. The maximum atomic E-state index is 13.0. The Hall–Kier alpha value is -5.07. The number of carbonyl (C=O) groups excluding carboxylic acids is 3. The van der Waals surface area contributed by atoms with Crippen LogP contribution in [0, 0.1) is 0 Å². The molecule has 0 amide bonds. The molecule has 13 heteroatoms. The number of nitrogen functional groups attached to an aromatic ring is 2. The van der Waals surface area contributed by atoms with Crippen molar-refractivity contribution >= 4 is 35.4 Å². The Morgan fingerprint density at radius 3 is 1.83 bits per heavy atom. The zero-order chi connectivity index (χ0) is 33.5. The largest absolute Gasteiger partial charge is 0.463 e. The van der Waals surface area contributed by atoms with Crippen molar-refractivity contribution in [2.75, 3.05) is 24.7 Å². The Bertz CT molecular complexity index is 1460. The highest BCUT2D eigenvalue weighted by atomic mass is 19.3. The monoisotopic (exact) mass is 646 g/mol. The quantitative estimate of drug-likeness (QED) is 0.0394. The second-order valence-electron chi connectivity index (χ2n) is 10.1. The van der Waals surface area contributed by atoms with Crippen LogP contribution in [-0.4, -0.2) is 43.7 Å². The predicted molar refractivity (Wildman–Crippen MR) is 163 cm³/mol. The summed E-state index contributed by atoms with van der Waals surface area (Å²) in [5, 5.41) is 0. The molecule has 3 aromatic rings. The normalized spacial score (nSPS) is 11.4. The SMILES string of the molecule is Nc1cc(N)cc(C(=O)OCCCCCCCCOC(=O)/C=C/c2ccc(OC(=O)c3ccc(OC(F)(F)C(F)F)cc3)cc2)c1. The van der Waals surface area contributed by atoms with E-state index in [9.17, 15) is 31.9 Å². The van der Waals surface area contributed by atoms with Gasteiger partial charge in [-0.15, -0.1) is 0 Å². The first-order valence-corrected chi connectivity index (χ1v) is 14.4. The average Bonchev–Trinajstić information content (AvgIpc) is 3.01. The number of unbranched alkanes of at least 4 members (excludes halogenated alkanes) is 5. The van der Waals surface area contributed by atoms with Gasteiger partial charge in [-0.25, -0.2) is 14.4 Å². The van der Waals surface area contributed by atoms with E-state index in [1.165, 1.54) is 36.4 Å². The molecule has 0 aliphatic carbocycles. The maximum absolute atomic E-state index is 13.0. The predicted octanol–water partition coefficient (Wildman–Crippen LogP) is 7.06. The summed E-state index contributed by atoms with van der Waals surface area (Å²) in [4.78, 5) is 36.4. The molecule has 0 radical (unpaired) electrons. The Morgan fingerprint density at radius 1 is 0.696 bits per heavy atom.